The van der Waals surface area contributed by atoms with E-state index in [-0.39, 0.29) is 6.61 Å². The minimum absolute atomic E-state index is 0.0842. The second kappa shape index (κ2) is 9.79. The molecule has 0 bridgehead atoms. The Morgan fingerprint density at radius 3 is 2.28 bits per heavy atom. The van der Waals surface area contributed by atoms with Crippen molar-refractivity contribution in [3.8, 4) is 5.75 Å². The number of nitrogens with one attached hydrogen (secondary N) is 2. The van der Waals surface area contributed by atoms with Crippen molar-refractivity contribution in [2.24, 2.45) is 0 Å². The van der Waals surface area contributed by atoms with Crippen molar-refractivity contribution in [2.75, 3.05) is 16.3 Å². The Morgan fingerprint density at radius 2 is 1.72 bits per heavy atom. The van der Waals surface area contributed by atoms with Crippen LogP contribution in [0, 0.1) is 0 Å². The van der Waals surface area contributed by atoms with Crippen molar-refractivity contribution in [3.05, 3.63) is 49.9 Å². The van der Waals surface area contributed by atoms with Crippen molar-refractivity contribution in [1.82, 2.24) is 0 Å². The number of hydrogen-bond donors (Lipinski definition) is 3. The number of benzene rings is 2. The molecule has 8 nitrogen and oxygen atoms in total. The predicted octanol–water partition coefficient (Wildman–Crippen LogP) is 4.23. The molecule has 0 saturated carbocycles. The van der Waals surface area contributed by atoms with E-state index < -0.39 is 28.3 Å². The van der Waals surface area contributed by atoms with Crippen molar-refractivity contribution in [3.63, 3.8) is 0 Å². The number of carboxylic acids is 1. The largest absolute Gasteiger partial charge is 0.487 e. The first kappa shape index (κ1) is 23.5. The van der Waals surface area contributed by atoms with Gasteiger partial charge in [0.2, 0.25) is 15.9 Å². The van der Waals surface area contributed by atoms with Gasteiger partial charge in [-0.25, -0.2) is 8.42 Å². The highest BCUT2D eigenvalue weighted by molar-refractivity contribution is 9.11. The molecule has 0 aliphatic carbocycles. The summed E-state index contributed by atoms with van der Waals surface area (Å²) in [7, 11) is -3.45. The van der Waals surface area contributed by atoms with Crippen LogP contribution in [-0.4, -0.2) is 31.7 Å². The molecule has 0 spiro atoms. The number of carboxylic acid groups (broad SMARTS) is 1. The molecule has 0 radical (unpaired) electrons. The molecular formula is C17H15Br2ClN2O6S. The van der Waals surface area contributed by atoms with Gasteiger partial charge in [-0.3, -0.25) is 14.3 Å². The topological polar surface area (TPSA) is 122 Å². The number of carbonyl (C=O) groups excluding carboxylic acids is 1. The summed E-state index contributed by atoms with van der Waals surface area (Å²) in [4.78, 5) is 22.2. The van der Waals surface area contributed by atoms with Gasteiger partial charge in [-0.1, -0.05) is 11.6 Å². The molecule has 156 valence electrons. The van der Waals surface area contributed by atoms with Crippen LogP contribution in [0.4, 0.5) is 11.4 Å². The first-order chi connectivity index (χ1) is 13.4. The smallest absolute Gasteiger partial charge is 0.312 e. The molecular weight excluding hydrogens is 556 g/mol. The zero-order valence-electron chi connectivity index (χ0n) is 14.8. The van der Waals surface area contributed by atoms with Crippen LogP contribution in [0.25, 0.3) is 0 Å². The molecule has 0 aliphatic rings. The fraction of sp³-hybridized carbons (Fsp3) is 0.176. The second-order valence-electron chi connectivity index (χ2n) is 5.90. The lowest BCUT2D eigenvalue weighted by atomic mass is 10.2. The summed E-state index contributed by atoms with van der Waals surface area (Å²) in [6.45, 7) is 0.0842. The Balaban J connectivity index is 2.15. The third-order valence-corrected chi connectivity index (χ3v) is 5.24. The molecule has 0 unspecified atom stereocenters. The van der Waals surface area contributed by atoms with Gasteiger partial charge in [-0.15, -0.1) is 0 Å². The van der Waals surface area contributed by atoms with Crippen molar-refractivity contribution < 1.29 is 27.9 Å². The Kier molecular flexibility index (Phi) is 7.92. The summed E-state index contributed by atoms with van der Waals surface area (Å²) in [5.41, 5.74) is 1.32. The average Bonchev–Trinajstić information content (AvgIpc) is 2.50. The van der Waals surface area contributed by atoms with Crippen molar-refractivity contribution in [1.29, 1.82) is 0 Å². The van der Waals surface area contributed by atoms with Crippen LogP contribution < -0.4 is 14.8 Å². The van der Waals surface area contributed by atoms with E-state index in [0.717, 1.165) is 6.26 Å². The van der Waals surface area contributed by atoms with Crippen molar-refractivity contribution in [2.45, 2.75) is 13.0 Å². The molecule has 2 aromatic carbocycles. The molecule has 1 amide bonds. The number of anilines is 2. The van der Waals surface area contributed by atoms with E-state index in [2.05, 4.69) is 41.9 Å². The third-order valence-electron chi connectivity index (χ3n) is 3.24. The number of hydrogen-bond acceptors (Lipinski definition) is 5. The molecule has 12 heteroatoms. The van der Waals surface area contributed by atoms with E-state index in [4.69, 9.17) is 21.4 Å². The molecule has 0 aliphatic heterocycles. The van der Waals surface area contributed by atoms with Gasteiger partial charge in [0.05, 0.1) is 20.9 Å². The number of carbonyl (C=O) groups is 2. The quantitative estimate of drug-likeness (QED) is 0.409. The lowest BCUT2D eigenvalue weighted by Gasteiger charge is -2.14. The minimum Gasteiger partial charge on any atom is -0.487 e. The molecule has 0 saturated heterocycles. The summed E-state index contributed by atoms with van der Waals surface area (Å²) in [5, 5.41) is 11.5. The van der Waals surface area contributed by atoms with Crippen LogP contribution in [0.1, 0.15) is 12.0 Å². The highest BCUT2D eigenvalue weighted by atomic mass is 79.9. The van der Waals surface area contributed by atoms with Gasteiger partial charge in [-0.05, 0) is 67.8 Å². The van der Waals surface area contributed by atoms with E-state index in [0.29, 0.717) is 36.7 Å². The molecule has 0 aromatic heterocycles. The van der Waals surface area contributed by atoms with Gasteiger partial charge < -0.3 is 15.2 Å². The lowest BCUT2D eigenvalue weighted by Crippen LogP contribution is -2.16. The SMILES string of the molecule is CS(=O)(=O)Nc1cc(Cl)cc(COc2c(Br)cc(NC(=O)CC(=O)O)cc2Br)c1. The summed E-state index contributed by atoms with van der Waals surface area (Å²) in [5.74, 6) is -1.46. The van der Waals surface area contributed by atoms with E-state index in [1.54, 1.807) is 24.3 Å². The fourth-order valence-electron chi connectivity index (χ4n) is 2.27. The number of rotatable bonds is 8. The molecule has 3 N–H and O–H groups in total. The Labute approximate surface area is 188 Å². The molecule has 29 heavy (non-hydrogen) atoms. The maximum absolute atomic E-state index is 11.6. The average molecular weight is 571 g/mol. The number of sulfonamides is 1. The Bertz CT molecular complexity index is 1040. The molecule has 0 fully saturated rings. The summed E-state index contributed by atoms with van der Waals surface area (Å²) in [6.07, 6.45) is 0.390. The molecule has 0 atom stereocenters. The van der Waals surface area contributed by atoms with Gasteiger partial charge in [-0.2, -0.15) is 0 Å². The van der Waals surface area contributed by atoms with Gasteiger partial charge in [0, 0.05) is 10.7 Å². The van der Waals surface area contributed by atoms with Gasteiger partial charge in [0.15, 0.2) is 0 Å². The zero-order valence-corrected chi connectivity index (χ0v) is 19.6. The number of ether oxygens (including phenoxy) is 1. The van der Waals surface area contributed by atoms with Crippen LogP contribution in [0.5, 0.6) is 5.75 Å². The van der Waals surface area contributed by atoms with Crippen molar-refractivity contribution >= 4 is 76.7 Å². The standard InChI is InChI=1S/C17H15Br2ClN2O6S/c1-29(26,27)22-12-3-9(2-10(20)4-12)8-28-17-13(18)5-11(6-14(17)19)21-15(23)7-16(24)25/h2-6,22H,7-8H2,1H3,(H,21,23)(H,24,25). The summed E-state index contributed by atoms with van der Waals surface area (Å²) < 4.78 is 32.0. The molecule has 0 heterocycles. The van der Waals surface area contributed by atoms with E-state index >= 15 is 0 Å². The highest BCUT2D eigenvalue weighted by Gasteiger charge is 2.13. The minimum atomic E-state index is -3.45. The Morgan fingerprint density at radius 1 is 1.10 bits per heavy atom. The second-order valence-corrected chi connectivity index (χ2v) is 9.79. The van der Waals surface area contributed by atoms with Gasteiger partial charge >= 0.3 is 5.97 Å². The Hall–Kier alpha value is -1.82. The van der Waals surface area contributed by atoms with Crippen LogP contribution >= 0.6 is 43.5 Å². The van der Waals surface area contributed by atoms with Crippen LogP contribution in [0.2, 0.25) is 5.02 Å². The third kappa shape index (κ3) is 7.84. The van der Waals surface area contributed by atoms with Gasteiger partial charge in [0.1, 0.15) is 18.8 Å². The predicted molar refractivity (Wildman–Crippen MR) is 117 cm³/mol. The van der Waals surface area contributed by atoms with E-state index in [9.17, 15) is 18.0 Å². The lowest BCUT2D eigenvalue weighted by molar-refractivity contribution is -0.139. The summed E-state index contributed by atoms with van der Waals surface area (Å²) in [6, 6.07) is 7.84. The number of aliphatic carboxylic acids is 1. The van der Waals surface area contributed by atoms with Gasteiger partial charge in [0.25, 0.3) is 0 Å². The first-order valence-electron chi connectivity index (χ1n) is 7.83. The van der Waals surface area contributed by atoms with Crippen LogP contribution in [0.15, 0.2) is 39.3 Å². The van der Waals surface area contributed by atoms with Crippen LogP contribution in [0.3, 0.4) is 0 Å². The fourth-order valence-corrected chi connectivity index (χ4v) is 4.49. The summed E-state index contributed by atoms with van der Waals surface area (Å²) >= 11 is 12.7. The zero-order chi connectivity index (χ0) is 21.8. The van der Waals surface area contributed by atoms with E-state index in [1.807, 2.05) is 0 Å². The highest BCUT2D eigenvalue weighted by Crippen LogP contribution is 2.37. The van der Waals surface area contributed by atoms with E-state index in [1.165, 1.54) is 6.07 Å². The maximum Gasteiger partial charge on any atom is 0.312 e. The maximum atomic E-state index is 11.6. The number of amides is 1. The monoisotopic (exact) mass is 568 g/mol. The number of halogens is 3. The molecule has 2 rings (SSSR count). The first-order valence-corrected chi connectivity index (χ1v) is 11.7. The molecule has 2 aromatic rings. The van der Waals surface area contributed by atoms with Crippen LogP contribution in [-0.2, 0) is 26.2 Å². The normalized spacial score (nSPS) is 11.0.